The highest BCUT2D eigenvalue weighted by Gasteiger charge is 2.71. The Morgan fingerprint density at radius 2 is 1.40 bits per heavy atom. The van der Waals surface area contributed by atoms with Crippen molar-refractivity contribution in [3.63, 3.8) is 0 Å². The average Bonchev–Trinajstić information content (AvgIpc) is 3.39. The maximum absolute atomic E-state index is 14.6. The van der Waals surface area contributed by atoms with Gasteiger partial charge in [0.15, 0.2) is 17.3 Å². The lowest BCUT2D eigenvalue weighted by Gasteiger charge is -2.37. The van der Waals surface area contributed by atoms with Crippen LogP contribution in [0.15, 0.2) is 97.1 Å². The molecule has 1 saturated heterocycles. The first-order chi connectivity index (χ1) is 19.3. The summed E-state index contributed by atoms with van der Waals surface area (Å²) in [6, 6.07) is 22.9. The van der Waals surface area contributed by atoms with Gasteiger partial charge in [-0.2, -0.15) is 0 Å². The van der Waals surface area contributed by atoms with E-state index in [0.29, 0.717) is 43.5 Å². The molecule has 4 aromatic carbocycles. The summed E-state index contributed by atoms with van der Waals surface area (Å²) in [5, 5.41) is 0.965. The van der Waals surface area contributed by atoms with Crippen LogP contribution in [0.4, 0.5) is 10.1 Å². The molecule has 3 atom stereocenters. The van der Waals surface area contributed by atoms with E-state index in [1.54, 1.807) is 91.0 Å². The normalized spacial score (nSPS) is 21.9. The Balaban J connectivity index is 1.54. The summed E-state index contributed by atoms with van der Waals surface area (Å²) >= 11 is 12.4. The molecule has 1 spiro atoms. The first-order valence-electron chi connectivity index (χ1n) is 12.8. The first-order valence-corrected chi connectivity index (χ1v) is 13.6. The molecule has 196 valence electrons. The standard InChI is InChI=1S/C33H20Cl2FNO3/c34-21-10-5-18(6-11-21)28-29(30(38)19-7-12-22(35)13-8-19)37-26-15-14-23(36)17-20(26)9-16-27(37)33(28)31(39)24-3-1-2-4-25(24)32(33)40/h1-17,27-29H/t27?,28-,29+/m0/s1. The third kappa shape index (κ3) is 3.34. The third-order valence-corrected chi connectivity index (χ3v) is 8.90. The van der Waals surface area contributed by atoms with Gasteiger partial charge in [0.25, 0.3) is 0 Å². The monoisotopic (exact) mass is 567 g/mol. The molecule has 0 N–H and O–H groups in total. The van der Waals surface area contributed by atoms with Gasteiger partial charge in [0.1, 0.15) is 17.3 Å². The van der Waals surface area contributed by atoms with Crippen LogP contribution in [0.2, 0.25) is 10.0 Å². The summed E-state index contributed by atoms with van der Waals surface area (Å²) in [4.78, 5) is 45.5. The van der Waals surface area contributed by atoms with E-state index in [0.717, 1.165) is 0 Å². The number of rotatable bonds is 3. The van der Waals surface area contributed by atoms with Gasteiger partial charge >= 0.3 is 0 Å². The highest BCUT2D eigenvalue weighted by atomic mass is 35.5. The predicted molar refractivity (Wildman–Crippen MR) is 153 cm³/mol. The fraction of sp³-hybridized carbons (Fsp3) is 0.121. The van der Waals surface area contributed by atoms with Gasteiger partial charge in [-0.1, -0.05) is 71.8 Å². The number of hydrogen-bond donors (Lipinski definition) is 0. The second-order valence-corrected chi connectivity index (χ2v) is 11.2. The summed E-state index contributed by atoms with van der Waals surface area (Å²) in [5.41, 5.74) is 1.21. The predicted octanol–water partition coefficient (Wildman–Crippen LogP) is 7.45. The molecular weight excluding hydrogens is 548 g/mol. The van der Waals surface area contributed by atoms with E-state index in [4.69, 9.17) is 23.2 Å². The molecule has 0 bridgehead atoms. The summed E-state index contributed by atoms with van der Waals surface area (Å²) in [5.74, 6) is -2.23. The van der Waals surface area contributed by atoms with Crippen LogP contribution in [-0.2, 0) is 0 Å². The molecule has 4 aromatic rings. The van der Waals surface area contributed by atoms with Crippen LogP contribution in [0.3, 0.4) is 0 Å². The van der Waals surface area contributed by atoms with E-state index in [2.05, 4.69) is 0 Å². The van der Waals surface area contributed by atoms with E-state index in [9.17, 15) is 18.8 Å². The molecule has 0 saturated carbocycles. The van der Waals surface area contributed by atoms with Gasteiger partial charge in [-0.05, 0) is 60.2 Å². The van der Waals surface area contributed by atoms with E-state index < -0.39 is 29.2 Å². The molecule has 0 radical (unpaired) electrons. The largest absolute Gasteiger partial charge is 0.352 e. The van der Waals surface area contributed by atoms with Crippen LogP contribution in [0.5, 0.6) is 0 Å². The van der Waals surface area contributed by atoms with E-state index in [-0.39, 0.29) is 17.3 Å². The van der Waals surface area contributed by atoms with Gasteiger partial charge in [-0.25, -0.2) is 4.39 Å². The molecule has 0 amide bonds. The molecule has 1 unspecified atom stereocenters. The number of Topliss-reactive ketones (excluding diaryl/α,β-unsaturated/α-hetero) is 3. The molecule has 1 fully saturated rings. The zero-order valence-corrected chi connectivity index (χ0v) is 22.4. The molecule has 2 heterocycles. The fourth-order valence-corrected chi connectivity index (χ4v) is 7.03. The van der Waals surface area contributed by atoms with Gasteiger partial charge in [0, 0.05) is 43.9 Å². The average molecular weight is 568 g/mol. The number of nitrogens with zero attached hydrogens (tertiary/aromatic N) is 1. The van der Waals surface area contributed by atoms with Crippen LogP contribution >= 0.6 is 23.2 Å². The second kappa shape index (κ2) is 8.98. The molecule has 3 aliphatic rings. The number of carbonyl (C=O) groups excluding carboxylic acids is 3. The summed E-state index contributed by atoms with van der Waals surface area (Å²) in [6.07, 6.45) is 3.50. The van der Waals surface area contributed by atoms with Crippen molar-refractivity contribution < 1.29 is 18.8 Å². The third-order valence-electron chi connectivity index (χ3n) is 8.39. The minimum absolute atomic E-state index is 0.277. The van der Waals surface area contributed by atoms with E-state index >= 15 is 0 Å². The SMILES string of the molecule is O=C(c1ccc(Cl)cc1)[C@H]1[C@H](c2ccc(Cl)cc2)C2(C(=O)c3ccccc3C2=O)C2C=Cc3cc(F)ccc3N21. The van der Waals surface area contributed by atoms with Crippen LogP contribution in [0, 0.1) is 11.2 Å². The van der Waals surface area contributed by atoms with Gasteiger partial charge < -0.3 is 4.90 Å². The Morgan fingerprint density at radius 1 is 0.800 bits per heavy atom. The Morgan fingerprint density at radius 3 is 2.02 bits per heavy atom. The lowest BCUT2D eigenvalue weighted by Crippen LogP contribution is -2.48. The number of halogens is 3. The van der Waals surface area contributed by atoms with Crippen LogP contribution in [0.1, 0.15) is 48.1 Å². The Kier molecular flexibility index (Phi) is 5.60. The van der Waals surface area contributed by atoms with E-state index in [1.807, 2.05) is 4.90 Å². The highest BCUT2D eigenvalue weighted by Crippen LogP contribution is 2.61. The fourth-order valence-electron chi connectivity index (χ4n) is 6.78. The molecule has 7 heteroatoms. The zero-order valence-electron chi connectivity index (χ0n) is 20.9. The second-order valence-electron chi connectivity index (χ2n) is 10.3. The number of ketones is 3. The lowest BCUT2D eigenvalue weighted by molar-refractivity contribution is 0.0666. The molecular formula is C33H20Cl2FNO3. The first kappa shape index (κ1) is 24.9. The van der Waals surface area contributed by atoms with Crippen molar-refractivity contribution in [3.8, 4) is 0 Å². The van der Waals surface area contributed by atoms with Gasteiger partial charge in [0.05, 0.1) is 6.04 Å². The van der Waals surface area contributed by atoms with Crippen molar-refractivity contribution in [3.05, 3.63) is 141 Å². The highest BCUT2D eigenvalue weighted by molar-refractivity contribution is 6.33. The summed E-state index contributed by atoms with van der Waals surface area (Å²) in [6.45, 7) is 0. The number of carbonyl (C=O) groups is 3. The summed E-state index contributed by atoms with van der Waals surface area (Å²) < 4.78 is 14.3. The smallest absolute Gasteiger partial charge is 0.185 e. The zero-order chi connectivity index (χ0) is 27.8. The van der Waals surface area contributed by atoms with Crippen molar-refractivity contribution >= 4 is 52.3 Å². The Labute approximate surface area is 239 Å². The van der Waals surface area contributed by atoms with Crippen molar-refractivity contribution in [2.24, 2.45) is 5.41 Å². The quantitative estimate of drug-likeness (QED) is 0.190. The molecule has 7 rings (SSSR count). The summed E-state index contributed by atoms with van der Waals surface area (Å²) in [7, 11) is 0. The van der Waals surface area contributed by atoms with Gasteiger partial charge in [-0.3, -0.25) is 14.4 Å². The number of fused-ring (bicyclic) bond motifs is 5. The van der Waals surface area contributed by atoms with Gasteiger partial charge in [0.2, 0.25) is 0 Å². The maximum Gasteiger partial charge on any atom is 0.185 e. The molecule has 0 aromatic heterocycles. The molecule has 2 aliphatic heterocycles. The van der Waals surface area contributed by atoms with Crippen molar-refractivity contribution in [2.75, 3.05) is 4.90 Å². The Bertz CT molecular complexity index is 1730. The van der Waals surface area contributed by atoms with E-state index in [1.165, 1.54) is 12.1 Å². The van der Waals surface area contributed by atoms with Crippen LogP contribution < -0.4 is 4.90 Å². The lowest BCUT2D eigenvalue weighted by atomic mass is 9.64. The van der Waals surface area contributed by atoms with Crippen molar-refractivity contribution in [1.82, 2.24) is 0 Å². The van der Waals surface area contributed by atoms with Crippen LogP contribution in [0.25, 0.3) is 6.08 Å². The molecule has 4 nitrogen and oxygen atoms in total. The molecule has 1 aliphatic carbocycles. The van der Waals surface area contributed by atoms with Gasteiger partial charge in [-0.15, -0.1) is 0 Å². The molecule has 40 heavy (non-hydrogen) atoms. The number of benzene rings is 4. The minimum atomic E-state index is -1.63. The number of anilines is 1. The van der Waals surface area contributed by atoms with Crippen molar-refractivity contribution in [1.29, 1.82) is 0 Å². The van der Waals surface area contributed by atoms with Crippen molar-refractivity contribution in [2.45, 2.75) is 18.0 Å². The van der Waals surface area contributed by atoms with Crippen LogP contribution in [-0.4, -0.2) is 29.4 Å². The maximum atomic E-state index is 14.6. The Hall–Kier alpha value is -4.06. The minimum Gasteiger partial charge on any atom is -0.352 e. The number of hydrogen-bond acceptors (Lipinski definition) is 4. The topological polar surface area (TPSA) is 54.5 Å².